The minimum Gasteiger partial charge on any atom is -0.480 e. The van der Waals surface area contributed by atoms with E-state index in [2.05, 4.69) is 10.6 Å². The first kappa shape index (κ1) is 17.6. The van der Waals surface area contributed by atoms with Crippen molar-refractivity contribution in [3.63, 3.8) is 0 Å². The molecule has 0 bridgehead atoms. The molecule has 1 amide bonds. The minimum absolute atomic E-state index is 0.231. The van der Waals surface area contributed by atoms with Gasteiger partial charge >= 0.3 is 12.1 Å². The van der Waals surface area contributed by atoms with Crippen LogP contribution in [0.2, 0.25) is 0 Å². The Hall–Kier alpha value is -1.73. The fourth-order valence-corrected chi connectivity index (χ4v) is 3.57. The number of benzene rings is 1. The number of rotatable bonds is 4. The van der Waals surface area contributed by atoms with Crippen LogP contribution >= 0.6 is 11.8 Å². The molecule has 7 heteroatoms. The van der Waals surface area contributed by atoms with Gasteiger partial charge in [-0.3, -0.25) is 10.1 Å². The molecule has 0 aromatic heterocycles. The lowest BCUT2D eigenvalue weighted by Gasteiger charge is -2.27. The summed E-state index contributed by atoms with van der Waals surface area (Å²) in [5.74, 6) is -0.427. The van der Waals surface area contributed by atoms with Crippen molar-refractivity contribution in [2.24, 2.45) is 0 Å². The van der Waals surface area contributed by atoms with E-state index in [0.29, 0.717) is 5.75 Å². The topological polar surface area (TPSA) is 87.7 Å². The molecule has 0 aliphatic carbocycles. The normalized spacial score (nSPS) is 22.4. The van der Waals surface area contributed by atoms with Crippen LogP contribution in [0.1, 0.15) is 32.4 Å². The SMILES string of the molecule is CC(C)(C)OC(=O)N[C@@H](c1ccccc1)[C@@H]1N[C@H](C(=O)O)CS1. The summed E-state index contributed by atoms with van der Waals surface area (Å²) in [5.41, 5.74) is 0.305. The second kappa shape index (κ2) is 7.23. The van der Waals surface area contributed by atoms with E-state index in [1.54, 1.807) is 20.8 Å². The van der Waals surface area contributed by atoms with Gasteiger partial charge in [0.15, 0.2) is 0 Å². The summed E-state index contributed by atoms with van der Waals surface area (Å²) in [6.07, 6.45) is -0.521. The zero-order valence-electron chi connectivity index (χ0n) is 13.4. The number of carbonyl (C=O) groups is 2. The van der Waals surface area contributed by atoms with Crippen LogP contribution in [0.25, 0.3) is 0 Å². The molecule has 1 aliphatic rings. The molecule has 1 heterocycles. The smallest absolute Gasteiger partial charge is 0.408 e. The fourth-order valence-electron chi connectivity index (χ4n) is 2.26. The van der Waals surface area contributed by atoms with E-state index in [-0.39, 0.29) is 11.4 Å². The van der Waals surface area contributed by atoms with E-state index < -0.39 is 23.7 Å². The van der Waals surface area contributed by atoms with Crippen LogP contribution < -0.4 is 10.6 Å². The van der Waals surface area contributed by atoms with E-state index >= 15 is 0 Å². The number of carboxylic acids is 1. The third-order valence-electron chi connectivity index (χ3n) is 3.24. The number of alkyl carbamates (subject to hydrolysis) is 1. The Morgan fingerprint density at radius 2 is 2.00 bits per heavy atom. The number of carboxylic acid groups (broad SMARTS) is 1. The molecule has 1 aromatic carbocycles. The first-order valence-electron chi connectivity index (χ1n) is 7.41. The second-order valence-electron chi connectivity index (χ2n) is 6.35. The van der Waals surface area contributed by atoms with Crippen molar-refractivity contribution in [2.45, 2.75) is 43.8 Å². The predicted molar refractivity (Wildman–Crippen MR) is 89.4 cm³/mol. The average molecular weight is 338 g/mol. The minimum atomic E-state index is -0.885. The van der Waals surface area contributed by atoms with Gasteiger partial charge in [0.1, 0.15) is 11.6 Å². The zero-order valence-corrected chi connectivity index (χ0v) is 14.2. The quantitative estimate of drug-likeness (QED) is 0.781. The van der Waals surface area contributed by atoms with Crippen molar-refractivity contribution in [1.82, 2.24) is 10.6 Å². The standard InChI is InChI=1S/C16H22N2O4S/c1-16(2,3)22-15(21)18-12(10-7-5-4-6-8-10)13-17-11(9-23-13)14(19)20/h4-8,11-13,17H,9H2,1-3H3,(H,18,21)(H,19,20)/t11-,12-,13+/m0/s1. The van der Waals surface area contributed by atoms with Crippen molar-refractivity contribution < 1.29 is 19.4 Å². The van der Waals surface area contributed by atoms with Gasteiger partial charge in [-0.15, -0.1) is 11.8 Å². The lowest BCUT2D eigenvalue weighted by Crippen LogP contribution is -2.45. The van der Waals surface area contributed by atoms with E-state index in [1.807, 2.05) is 30.3 Å². The maximum absolute atomic E-state index is 12.1. The summed E-state index contributed by atoms with van der Waals surface area (Å²) in [7, 11) is 0. The van der Waals surface area contributed by atoms with E-state index in [1.165, 1.54) is 11.8 Å². The largest absolute Gasteiger partial charge is 0.480 e. The Labute approximate surface area is 140 Å². The van der Waals surface area contributed by atoms with Gasteiger partial charge in [0.05, 0.1) is 11.4 Å². The summed E-state index contributed by atoms with van der Waals surface area (Å²) >= 11 is 1.48. The van der Waals surface area contributed by atoms with E-state index in [0.717, 1.165) is 5.56 Å². The highest BCUT2D eigenvalue weighted by molar-refractivity contribution is 8.00. The third-order valence-corrected chi connectivity index (χ3v) is 4.53. The van der Waals surface area contributed by atoms with E-state index in [9.17, 15) is 9.59 Å². The van der Waals surface area contributed by atoms with E-state index in [4.69, 9.17) is 9.84 Å². The van der Waals surface area contributed by atoms with Crippen molar-refractivity contribution in [3.8, 4) is 0 Å². The molecular weight excluding hydrogens is 316 g/mol. The van der Waals surface area contributed by atoms with Crippen LogP contribution in [0.4, 0.5) is 4.79 Å². The third kappa shape index (κ3) is 5.14. The van der Waals surface area contributed by atoms with Crippen LogP contribution in [0.3, 0.4) is 0 Å². The van der Waals surface area contributed by atoms with Crippen molar-refractivity contribution in [1.29, 1.82) is 0 Å². The van der Waals surface area contributed by atoms with Gasteiger partial charge in [0.25, 0.3) is 0 Å². The number of hydrogen-bond donors (Lipinski definition) is 3. The number of ether oxygens (including phenoxy) is 1. The average Bonchev–Trinajstić information content (AvgIpc) is 2.93. The molecule has 2 rings (SSSR count). The van der Waals surface area contributed by atoms with Crippen LogP contribution in [0.5, 0.6) is 0 Å². The van der Waals surface area contributed by atoms with Gasteiger partial charge in [-0.25, -0.2) is 4.79 Å². The Morgan fingerprint density at radius 3 is 2.52 bits per heavy atom. The van der Waals surface area contributed by atoms with Crippen LogP contribution in [0.15, 0.2) is 30.3 Å². The maximum Gasteiger partial charge on any atom is 0.408 e. The van der Waals surface area contributed by atoms with Gasteiger partial charge in [0.2, 0.25) is 0 Å². The van der Waals surface area contributed by atoms with Crippen molar-refractivity contribution >= 4 is 23.8 Å². The molecule has 3 N–H and O–H groups in total. The first-order chi connectivity index (χ1) is 10.8. The molecule has 3 atom stereocenters. The molecule has 23 heavy (non-hydrogen) atoms. The highest BCUT2D eigenvalue weighted by Gasteiger charge is 2.36. The lowest BCUT2D eigenvalue weighted by atomic mass is 10.1. The molecule has 126 valence electrons. The van der Waals surface area contributed by atoms with Crippen LogP contribution in [0, 0.1) is 0 Å². The van der Waals surface area contributed by atoms with Crippen LogP contribution in [-0.2, 0) is 9.53 Å². The fraction of sp³-hybridized carbons (Fsp3) is 0.500. The lowest BCUT2D eigenvalue weighted by molar-refractivity contribution is -0.138. The van der Waals surface area contributed by atoms with Gasteiger partial charge in [-0.05, 0) is 26.3 Å². The first-order valence-corrected chi connectivity index (χ1v) is 8.46. The van der Waals surface area contributed by atoms with Gasteiger partial charge in [-0.1, -0.05) is 30.3 Å². The zero-order chi connectivity index (χ0) is 17.0. The van der Waals surface area contributed by atoms with Crippen molar-refractivity contribution in [3.05, 3.63) is 35.9 Å². The maximum atomic E-state index is 12.1. The highest BCUT2D eigenvalue weighted by atomic mass is 32.2. The number of amides is 1. The summed E-state index contributed by atoms with van der Waals surface area (Å²) < 4.78 is 5.32. The van der Waals surface area contributed by atoms with Crippen molar-refractivity contribution in [2.75, 3.05) is 5.75 Å². The molecule has 0 spiro atoms. The molecule has 0 saturated carbocycles. The molecule has 1 fully saturated rings. The molecule has 0 unspecified atom stereocenters. The predicted octanol–water partition coefficient (Wildman–Crippen LogP) is 2.37. The Balaban J connectivity index is 2.14. The second-order valence-corrected chi connectivity index (χ2v) is 7.52. The summed E-state index contributed by atoms with van der Waals surface area (Å²) in [5, 5.41) is 14.8. The monoisotopic (exact) mass is 338 g/mol. The molecule has 1 aromatic rings. The summed E-state index contributed by atoms with van der Waals surface area (Å²) in [4.78, 5) is 23.3. The highest BCUT2D eigenvalue weighted by Crippen LogP contribution is 2.30. The Bertz CT molecular complexity index is 559. The number of nitrogens with one attached hydrogen (secondary N) is 2. The number of thioether (sulfide) groups is 1. The van der Waals surface area contributed by atoms with Crippen LogP contribution in [-0.4, -0.2) is 39.9 Å². The van der Waals surface area contributed by atoms with Gasteiger partial charge in [0, 0.05) is 5.75 Å². The molecule has 1 aliphatic heterocycles. The summed E-state index contributed by atoms with van der Waals surface area (Å²) in [6.45, 7) is 5.40. The Kier molecular flexibility index (Phi) is 5.54. The number of carbonyl (C=O) groups excluding carboxylic acids is 1. The Morgan fingerprint density at radius 1 is 1.35 bits per heavy atom. The molecular formula is C16H22N2O4S. The number of hydrogen-bond acceptors (Lipinski definition) is 5. The summed E-state index contributed by atoms with van der Waals surface area (Å²) in [6, 6.07) is 8.47. The van der Waals surface area contributed by atoms with Gasteiger partial charge < -0.3 is 15.2 Å². The molecule has 0 radical (unpaired) electrons. The molecule has 1 saturated heterocycles. The molecule has 6 nitrogen and oxygen atoms in total. The van der Waals surface area contributed by atoms with Gasteiger partial charge in [-0.2, -0.15) is 0 Å². The number of aliphatic carboxylic acids is 1.